The van der Waals surface area contributed by atoms with Crippen molar-refractivity contribution in [3.8, 4) is 0 Å². The Hall–Kier alpha value is -0.910. The molecule has 1 aromatic rings. The van der Waals surface area contributed by atoms with Crippen molar-refractivity contribution in [2.75, 3.05) is 24.7 Å². The second-order valence-corrected chi connectivity index (χ2v) is 9.22. The fourth-order valence-electron chi connectivity index (χ4n) is 3.76. The molecule has 0 saturated carbocycles. The van der Waals surface area contributed by atoms with Crippen LogP contribution in [0.5, 0.6) is 0 Å². The van der Waals surface area contributed by atoms with Gasteiger partial charge in [0, 0.05) is 25.7 Å². The van der Waals surface area contributed by atoms with Gasteiger partial charge in [-0.1, -0.05) is 18.2 Å². The summed E-state index contributed by atoms with van der Waals surface area (Å²) in [6.07, 6.45) is 3.20. The zero-order chi connectivity index (χ0) is 16.4. The third-order valence-electron chi connectivity index (χ3n) is 5.19. The maximum atomic E-state index is 11.9. The van der Waals surface area contributed by atoms with Crippen LogP contribution in [0.2, 0.25) is 0 Å². The number of hydrogen-bond acceptors (Lipinski definition) is 4. The van der Waals surface area contributed by atoms with Gasteiger partial charge in [0.25, 0.3) is 0 Å². The van der Waals surface area contributed by atoms with Crippen LogP contribution >= 0.6 is 0 Å². The van der Waals surface area contributed by atoms with Crippen molar-refractivity contribution in [2.45, 2.75) is 51.8 Å². The van der Waals surface area contributed by atoms with E-state index in [1.165, 1.54) is 16.7 Å². The predicted molar refractivity (Wildman–Crippen MR) is 92.4 cm³/mol. The maximum absolute atomic E-state index is 11.9. The second-order valence-electron chi connectivity index (χ2n) is 6.99. The molecule has 4 nitrogen and oxygen atoms in total. The fraction of sp³-hybridized carbons (Fsp3) is 0.667. The van der Waals surface area contributed by atoms with E-state index in [1.54, 1.807) is 0 Å². The molecule has 0 radical (unpaired) electrons. The topological polar surface area (TPSA) is 46.6 Å². The summed E-state index contributed by atoms with van der Waals surface area (Å²) in [7, 11) is -2.87. The highest BCUT2D eigenvalue weighted by molar-refractivity contribution is 7.91. The normalized spacial score (nSPS) is 26.9. The second kappa shape index (κ2) is 6.91. The van der Waals surface area contributed by atoms with Crippen molar-refractivity contribution in [3.63, 3.8) is 0 Å². The molecule has 2 saturated heterocycles. The van der Waals surface area contributed by atoms with Crippen molar-refractivity contribution < 1.29 is 13.2 Å². The highest BCUT2D eigenvalue weighted by Gasteiger charge is 2.34. The standard InChI is InChI=1S/C18H27NO3S/c1-14-5-3-6-15(2)18(14)12-19(11-17-7-4-9-22-17)16-8-10-23(20,21)13-16/h3,5-6,16-17H,4,7-13H2,1-2H3/t16-,17+/m0/s1. The molecule has 128 valence electrons. The fourth-order valence-corrected chi connectivity index (χ4v) is 5.52. The molecule has 5 heteroatoms. The molecule has 0 amide bonds. The molecule has 0 aliphatic carbocycles. The van der Waals surface area contributed by atoms with E-state index < -0.39 is 9.84 Å². The van der Waals surface area contributed by atoms with E-state index in [1.807, 2.05) is 0 Å². The number of nitrogens with zero attached hydrogens (tertiary/aromatic N) is 1. The molecular formula is C18H27NO3S. The Morgan fingerprint density at radius 1 is 1.22 bits per heavy atom. The van der Waals surface area contributed by atoms with E-state index in [9.17, 15) is 8.42 Å². The Labute approximate surface area is 139 Å². The summed E-state index contributed by atoms with van der Waals surface area (Å²) in [5, 5.41) is 0. The number of aryl methyl sites for hydroxylation is 2. The smallest absolute Gasteiger partial charge is 0.151 e. The van der Waals surface area contributed by atoms with Crippen molar-refractivity contribution in [2.24, 2.45) is 0 Å². The van der Waals surface area contributed by atoms with Gasteiger partial charge in [-0.05, 0) is 49.8 Å². The molecule has 0 bridgehead atoms. The minimum absolute atomic E-state index is 0.128. The predicted octanol–water partition coefficient (Wildman–Crippen LogP) is 2.47. The Morgan fingerprint density at radius 3 is 2.52 bits per heavy atom. The van der Waals surface area contributed by atoms with Crippen molar-refractivity contribution in [1.29, 1.82) is 0 Å². The molecule has 0 unspecified atom stereocenters. The van der Waals surface area contributed by atoms with Gasteiger partial charge in [0.2, 0.25) is 0 Å². The van der Waals surface area contributed by atoms with E-state index in [2.05, 4.69) is 36.9 Å². The van der Waals surface area contributed by atoms with Gasteiger partial charge in [-0.25, -0.2) is 8.42 Å². The van der Waals surface area contributed by atoms with Gasteiger partial charge in [-0.15, -0.1) is 0 Å². The largest absolute Gasteiger partial charge is 0.377 e. The first-order valence-electron chi connectivity index (χ1n) is 8.56. The molecule has 0 aromatic heterocycles. The van der Waals surface area contributed by atoms with Gasteiger partial charge in [-0.3, -0.25) is 4.90 Å². The van der Waals surface area contributed by atoms with E-state index in [4.69, 9.17) is 4.74 Å². The maximum Gasteiger partial charge on any atom is 0.151 e. The number of hydrogen-bond donors (Lipinski definition) is 0. The van der Waals surface area contributed by atoms with Crippen molar-refractivity contribution in [1.82, 2.24) is 4.90 Å². The minimum Gasteiger partial charge on any atom is -0.377 e. The van der Waals surface area contributed by atoms with E-state index in [0.717, 1.165) is 39.0 Å². The van der Waals surface area contributed by atoms with E-state index in [-0.39, 0.29) is 12.1 Å². The first kappa shape index (κ1) is 16.9. The summed E-state index contributed by atoms with van der Waals surface area (Å²) in [5.41, 5.74) is 3.89. The number of benzene rings is 1. The average molecular weight is 337 g/mol. The van der Waals surface area contributed by atoms with Gasteiger partial charge < -0.3 is 4.74 Å². The summed E-state index contributed by atoms with van der Waals surface area (Å²) in [6, 6.07) is 6.48. The van der Waals surface area contributed by atoms with Crippen LogP contribution in [-0.4, -0.2) is 50.1 Å². The SMILES string of the molecule is Cc1cccc(C)c1CN(C[C@H]1CCCO1)[C@H]1CCS(=O)(=O)C1. The Bertz CT molecular complexity index is 630. The van der Waals surface area contributed by atoms with Crippen LogP contribution in [0.3, 0.4) is 0 Å². The minimum atomic E-state index is -2.87. The van der Waals surface area contributed by atoms with Crippen LogP contribution in [0.1, 0.15) is 36.0 Å². The number of rotatable bonds is 5. The molecule has 2 heterocycles. The molecule has 2 atom stereocenters. The lowest BCUT2D eigenvalue weighted by atomic mass is 10.0. The molecule has 2 fully saturated rings. The van der Waals surface area contributed by atoms with Gasteiger partial charge in [0.1, 0.15) is 0 Å². The lowest BCUT2D eigenvalue weighted by Crippen LogP contribution is -2.41. The van der Waals surface area contributed by atoms with E-state index >= 15 is 0 Å². The molecular weight excluding hydrogens is 310 g/mol. The Balaban J connectivity index is 1.79. The first-order chi connectivity index (χ1) is 10.9. The van der Waals surface area contributed by atoms with Crippen molar-refractivity contribution >= 4 is 9.84 Å². The van der Waals surface area contributed by atoms with Crippen LogP contribution in [-0.2, 0) is 21.1 Å². The lowest BCUT2D eigenvalue weighted by Gasteiger charge is -2.31. The van der Waals surface area contributed by atoms with Crippen LogP contribution in [0, 0.1) is 13.8 Å². The highest BCUT2D eigenvalue weighted by atomic mass is 32.2. The third kappa shape index (κ3) is 4.14. The van der Waals surface area contributed by atoms with Crippen LogP contribution in [0.4, 0.5) is 0 Å². The molecule has 3 rings (SSSR count). The summed E-state index contributed by atoms with van der Waals surface area (Å²) in [5.74, 6) is 0.622. The van der Waals surface area contributed by atoms with E-state index in [0.29, 0.717) is 11.5 Å². The number of sulfone groups is 1. The molecule has 2 aliphatic rings. The molecule has 0 spiro atoms. The summed E-state index contributed by atoms with van der Waals surface area (Å²) >= 11 is 0. The molecule has 23 heavy (non-hydrogen) atoms. The third-order valence-corrected chi connectivity index (χ3v) is 6.94. The number of ether oxygens (including phenoxy) is 1. The summed E-state index contributed by atoms with van der Waals surface area (Å²) in [6.45, 7) is 6.77. The van der Waals surface area contributed by atoms with Crippen molar-refractivity contribution in [3.05, 3.63) is 34.9 Å². The zero-order valence-electron chi connectivity index (χ0n) is 14.1. The molecule has 0 N–H and O–H groups in total. The van der Waals surface area contributed by atoms with Crippen LogP contribution < -0.4 is 0 Å². The van der Waals surface area contributed by atoms with Crippen LogP contribution in [0.15, 0.2) is 18.2 Å². The van der Waals surface area contributed by atoms with Gasteiger partial charge in [0.15, 0.2) is 9.84 Å². The molecule has 2 aliphatic heterocycles. The first-order valence-corrected chi connectivity index (χ1v) is 10.4. The van der Waals surface area contributed by atoms with Gasteiger partial charge >= 0.3 is 0 Å². The zero-order valence-corrected chi connectivity index (χ0v) is 14.9. The summed E-state index contributed by atoms with van der Waals surface area (Å²) < 4.78 is 29.6. The lowest BCUT2D eigenvalue weighted by molar-refractivity contribution is 0.0573. The monoisotopic (exact) mass is 337 g/mol. The Kier molecular flexibility index (Phi) is 5.09. The quantitative estimate of drug-likeness (QED) is 0.828. The molecule has 1 aromatic carbocycles. The highest BCUT2D eigenvalue weighted by Crippen LogP contribution is 2.25. The van der Waals surface area contributed by atoms with Gasteiger partial charge in [-0.2, -0.15) is 0 Å². The van der Waals surface area contributed by atoms with Crippen LogP contribution in [0.25, 0.3) is 0 Å². The van der Waals surface area contributed by atoms with Gasteiger partial charge in [0.05, 0.1) is 17.6 Å². The average Bonchev–Trinajstić information content (AvgIpc) is 3.11. The Morgan fingerprint density at radius 2 is 1.96 bits per heavy atom. The summed E-state index contributed by atoms with van der Waals surface area (Å²) in [4.78, 5) is 2.36.